The highest BCUT2D eigenvalue weighted by Gasteiger charge is 2.44. The Labute approximate surface area is 153 Å². The van der Waals surface area contributed by atoms with Crippen LogP contribution < -0.4 is 0 Å². The van der Waals surface area contributed by atoms with Crippen molar-refractivity contribution in [2.75, 3.05) is 13.2 Å². The molecule has 1 heterocycles. The Morgan fingerprint density at radius 2 is 2.19 bits per heavy atom. The van der Waals surface area contributed by atoms with Gasteiger partial charge in [0.15, 0.2) is 0 Å². The summed E-state index contributed by atoms with van der Waals surface area (Å²) < 4.78 is 11.1. The largest absolute Gasteiger partial charge is 0.458 e. The molecule has 6 heteroatoms. The van der Waals surface area contributed by atoms with Gasteiger partial charge in [0.1, 0.15) is 12.2 Å². The molecule has 0 amide bonds. The number of hydrogen-bond donors (Lipinski definition) is 2. The molecule has 0 saturated carbocycles. The van der Waals surface area contributed by atoms with Crippen molar-refractivity contribution >= 4 is 11.9 Å². The van der Waals surface area contributed by atoms with Gasteiger partial charge in [0.2, 0.25) is 0 Å². The molecule has 2 rings (SSSR count). The van der Waals surface area contributed by atoms with Gasteiger partial charge in [0, 0.05) is 17.6 Å². The third-order valence-corrected chi connectivity index (χ3v) is 4.72. The smallest absolute Gasteiger partial charge is 0.334 e. The molecule has 1 fully saturated rings. The highest BCUT2D eigenvalue weighted by molar-refractivity contribution is 5.92. The number of hydrogen-bond acceptors (Lipinski definition) is 6. The van der Waals surface area contributed by atoms with Crippen LogP contribution in [-0.4, -0.2) is 47.6 Å². The topological polar surface area (TPSA) is 93.1 Å². The normalized spacial score (nSPS) is 31.2. The van der Waals surface area contributed by atoms with Gasteiger partial charge in [-0.15, -0.1) is 0 Å². The van der Waals surface area contributed by atoms with E-state index in [9.17, 15) is 14.7 Å². The van der Waals surface area contributed by atoms with Crippen LogP contribution in [0, 0.1) is 5.92 Å². The molecule has 1 unspecified atom stereocenters. The van der Waals surface area contributed by atoms with Gasteiger partial charge in [-0.2, -0.15) is 0 Å². The lowest BCUT2D eigenvalue weighted by atomic mass is 9.85. The predicted molar refractivity (Wildman–Crippen MR) is 96.0 cm³/mol. The standard InChI is InChI=1S/C20H26O6/c1-12-5-4-6-15(11-22)10-17-18(14(3)20(24)26-17)16(9-12)25-19(23)13(2)7-8-21/h5,7,10,16-18,21-22H,3-4,6,8-9,11H2,1-2H3/b12-5+,13-7-,15-10-/t16-,17+,18?/m0/s1. The van der Waals surface area contributed by atoms with Gasteiger partial charge in [-0.3, -0.25) is 0 Å². The van der Waals surface area contributed by atoms with Crippen molar-refractivity contribution in [3.63, 3.8) is 0 Å². The summed E-state index contributed by atoms with van der Waals surface area (Å²) in [4.78, 5) is 24.4. The van der Waals surface area contributed by atoms with Crippen molar-refractivity contribution < 1.29 is 29.3 Å². The molecule has 0 bridgehead atoms. The van der Waals surface area contributed by atoms with Crippen LogP contribution in [0.5, 0.6) is 0 Å². The molecule has 1 aliphatic carbocycles. The second kappa shape index (κ2) is 8.96. The van der Waals surface area contributed by atoms with Crippen LogP contribution in [0.3, 0.4) is 0 Å². The van der Waals surface area contributed by atoms with Crippen molar-refractivity contribution in [2.24, 2.45) is 5.92 Å². The summed E-state index contributed by atoms with van der Waals surface area (Å²) in [6.07, 6.45) is 5.78. The lowest BCUT2D eigenvalue weighted by Crippen LogP contribution is -2.33. The maximum absolute atomic E-state index is 12.3. The molecule has 0 aromatic carbocycles. The number of carbonyl (C=O) groups excluding carboxylic acids is 2. The second-order valence-corrected chi connectivity index (χ2v) is 6.71. The SMILES string of the molecule is C=C1C(=O)O[C@@H]2/C=C(\CO)CC/C=C(\C)C[C@H](OC(=O)/C(C)=C\CO)C12. The first kappa shape index (κ1) is 20.1. The minimum Gasteiger partial charge on any atom is -0.458 e. The minimum atomic E-state index is -0.626. The van der Waals surface area contributed by atoms with Gasteiger partial charge in [-0.1, -0.05) is 18.2 Å². The molecule has 1 aliphatic heterocycles. The van der Waals surface area contributed by atoms with Gasteiger partial charge < -0.3 is 19.7 Å². The number of allylic oxidation sites excluding steroid dienone is 1. The van der Waals surface area contributed by atoms with E-state index in [1.165, 1.54) is 6.08 Å². The molecule has 6 nitrogen and oxygen atoms in total. The molecule has 3 atom stereocenters. The van der Waals surface area contributed by atoms with Crippen LogP contribution in [0.15, 0.2) is 47.1 Å². The Balaban J connectivity index is 2.38. The number of fused-ring (bicyclic) bond motifs is 1. The molecule has 0 aromatic rings. The van der Waals surface area contributed by atoms with Gasteiger partial charge >= 0.3 is 11.9 Å². The first-order valence-corrected chi connectivity index (χ1v) is 8.71. The summed E-state index contributed by atoms with van der Waals surface area (Å²) in [6.45, 7) is 6.95. The quantitative estimate of drug-likeness (QED) is 0.451. The van der Waals surface area contributed by atoms with Crippen molar-refractivity contribution in [2.45, 2.75) is 45.3 Å². The number of carbonyl (C=O) groups is 2. The van der Waals surface area contributed by atoms with Crippen molar-refractivity contribution in [3.8, 4) is 0 Å². The van der Waals surface area contributed by atoms with Crippen molar-refractivity contribution in [1.82, 2.24) is 0 Å². The molecular weight excluding hydrogens is 336 g/mol. The fraction of sp³-hybridized carbons (Fsp3) is 0.500. The van der Waals surface area contributed by atoms with E-state index in [1.807, 2.05) is 13.0 Å². The third kappa shape index (κ3) is 4.71. The molecule has 2 N–H and O–H groups in total. The summed E-state index contributed by atoms with van der Waals surface area (Å²) in [7, 11) is 0. The van der Waals surface area contributed by atoms with Crippen LogP contribution >= 0.6 is 0 Å². The van der Waals surface area contributed by atoms with Crippen molar-refractivity contribution in [3.05, 3.63) is 47.1 Å². The molecule has 26 heavy (non-hydrogen) atoms. The zero-order valence-corrected chi connectivity index (χ0v) is 15.2. The van der Waals surface area contributed by atoms with E-state index in [2.05, 4.69) is 6.58 Å². The fourth-order valence-electron chi connectivity index (χ4n) is 3.23. The van der Waals surface area contributed by atoms with Crippen LogP contribution in [0.25, 0.3) is 0 Å². The lowest BCUT2D eigenvalue weighted by molar-refractivity contribution is -0.147. The predicted octanol–water partition coefficient (Wildman–Crippen LogP) is 1.98. The van der Waals surface area contributed by atoms with Crippen molar-refractivity contribution in [1.29, 1.82) is 0 Å². The highest BCUT2D eigenvalue weighted by atomic mass is 16.6. The Bertz CT molecular complexity index is 670. The number of ether oxygens (including phenoxy) is 2. The van der Waals surface area contributed by atoms with Gasteiger partial charge in [0.05, 0.1) is 19.1 Å². The van der Waals surface area contributed by atoms with E-state index in [1.54, 1.807) is 13.0 Å². The summed E-state index contributed by atoms with van der Waals surface area (Å²) in [5.74, 6) is -1.58. The molecule has 142 valence electrons. The Morgan fingerprint density at radius 1 is 1.46 bits per heavy atom. The van der Waals surface area contributed by atoms with E-state index in [4.69, 9.17) is 14.6 Å². The molecule has 2 aliphatic rings. The minimum absolute atomic E-state index is 0.122. The maximum atomic E-state index is 12.3. The molecule has 1 saturated heterocycles. The zero-order valence-electron chi connectivity index (χ0n) is 15.2. The number of aliphatic hydroxyl groups excluding tert-OH is 2. The number of rotatable bonds is 4. The van der Waals surface area contributed by atoms with Gasteiger partial charge in [0.25, 0.3) is 0 Å². The Morgan fingerprint density at radius 3 is 2.85 bits per heavy atom. The first-order chi connectivity index (χ1) is 12.4. The van der Waals surface area contributed by atoms with E-state index < -0.39 is 30.1 Å². The van der Waals surface area contributed by atoms with E-state index in [-0.39, 0.29) is 18.8 Å². The average molecular weight is 362 g/mol. The second-order valence-electron chi connectivity index (χ2n) is 6.71. The van der Waals surface area contributed by atoms with Crippen LogP contribution in [0.1, 0.15) is 33.1 Å². The molecule has 0 spiro atoms. The van der Waals surface area contributed by atoms with E-state index >= 15 is 0 Å². The summed E-state index contributed by atoms with van der Waals surface area (Å²) in [5, 5.41) is 18.5. The van der Waals surface area contributed by atoms with Crippen LogP contribution in [0.4, 0.5) is 0 Å². The number of esters is 2. The number of aliphatic hydroxyl groups is 2. The lowest BCUT2D eigenvalue weighted by Gasteiger charge is -2.27. The van der Waals surface area contributed by atoms with Crippen LogP contribution in [0.2, 0.25) is 0 Å². The summed E-state index contributed by atoms with van der Waals surface area (Å²) in [5.41, 5.74) is 2.36. The molecule has 0 aromatic heterocycles. The third-order valence-electron chi connectivity index (χ3n) is 4.72. The highest BCUT2D eigenvalue weighted by Crippen LogP contribution is 2.36. The molecule has 0 radical (unpaired) electrons. The van der Waals surface area contributed by atoms with E-state index in [0.29, 0.717) is 18.4 Å². The van der Waals surface area contributed by atoms with Gasteiger partial charge in [-0.05, 0) is 44.4 Å². The molecular formula is C20H26O6. The van der Waals surface area contributed by atoms with Crippen LogP contribution in [-0.2, 0) is 19.1 Å². The first-order valence-electron chi connectivity index (χ1n) is 8.71. The van der Waals surface area contributed by atoms with Gasteiger partial charge in [-0.25, -0.2) is 9.59 Å². The van der Waals surface area contributed by atoms with E-state index in [0.717, 1.165) is 17.6 Å². The Hall–Kier alpha value is -2.18. The Kier molecular flexibility index (Phi) is 6.94. The summed E-state index contributed by atoms with van der Waals surface area (Å²) >= 11 is 0. The monoisotopic (exact) mass is 362 g/mol. The fourth-order valence-corrected chi connectivity index (χ4v) is 3.23. The summed E-state index contributed by atoms with van der Waals surface area (Å²) in [6, 6.07) is 0. The average Bonchev–Trinajstić information content (AvgIpc) is 2.87. The zero-order chi connectivity index (χ0) is 19.3. The maximum Gasteiger partial charge on any atom is 0.334 e.